The number of aryl methyl sites for hydroxylation is 1. The van der Waals surface area contributed by atoms with Crippen molar-refractivity contribution in [3.05, 3.63) is 69.4 Å². The minimum absolute atomic E-state index is 0.0158. The Labute approximate surface area is 149 Å². The molecule has 1 amide bonds. The third-order valence-corrected chi connectivity index (χ3v) is 5.09. The number of amides is 1. The van der Waals surface area contributed by atoms with Crippen LogP contribution >= 0.6 is 0 Å². The average molecular weight is 350 g/mol. The van der Waals surface area contributed by atoms with E-state index in [4.69, 9.17) is 0 Å². The molecule has 1 aliphatic carbocycles. The minimum Gasteiger partial charge on any atom is -0.333 e. The van der Waals surface area contributed by atoms with Crippen molar-refractivity contribution in [1.29, 1.82) is 0 Å². The van der Waals surface area contributed by atoms with Crippen LogP contribution in [0.2, 0.25) is 0 Å². The van der Waals surface area contributed by atoms with E-state index in [1.54, 1.807) is 18.0 Å². The number of benzene rings is 2. The maximum atomic E-state index is 13.1. The third-order valence-electron chi connectivity index (χ3n) is 5.09. The number of hydrogen-bond acceptors (Lipinski definition) is 4. The first-order valence-electron chi connectivity index (χ1n) is 8.53. The van der Waals surface area contributed by atoms with E-state index >= 15 is 0 Å². The Balaban J connectivity index is 1.71. The fraction of sp³-hybridized carbons (Fsp3) is 0.263. The Morgan fingerprint density at radius 2 is 2.12 bits per heavy atom. The molecule has 0 unspecified atom stereocenters. The van der Waals surface area contributed by atoms with Crippen LogP contribution < -0.4 is 0 Å². The van der Waals surface area contributed by atoms with Gasteiger partial charge in [-0.3, -0.25) is 20.0 Å². The van der Waals surface area contributed by atoms with Crippen molar-refractivity contribution in [2.75, 3.05) is 7.05 Å². The molecule has 0 fully saturated rings. The van der Waals surface area contributed by atoms with Crippen LogP contribution in [0.25, 0.3) is 10.9 Å². The number of H-pyrrole nitrogens is 1. The van der Waals surface area contributed by atoms with Crippen molar-refractivity contribution >= 4 is 22.5 Å². The van der Waals surface area contributed by atoms with Gasteiger partial charge >= 0.3 is 0 Å². The van der Waals surface area contributed by atoms with Crippen LogP contribution in [0, 0.1) is 10.1 Å². The molecular weight excluding hydrogens is 332 g/mol. The molecule has 132 valence electrons. The summed E-state index contributed by atoms with van der Waals surface area (Å²) in [4.78, 5) is 25.4. The van der Waals surface area contributed by atoms with Gasteiger partial charge in [-0.2, -0.15) is 5.10 Å². The van der Waals surface area contributed by atoms with Gasteiger partial charge in [0.2, 0.25) is 0 Å². The summed E-state index contributed by atoms with van der Waals surface area (Å²) in [6.07, 6.45) is 2.93. The highest BCUT2D eigenvalue weighted by Gasteiger charge is 2.29. The molecule has 4 rings (SSSR count). The van der Waals surface area contributed by atoms with Gasteiger partial charge in [0.05, 0.1) is 16.5 Å². The lowest BCUT2D eigenvalue weighted by molar-refractivity contribution is -0.384. The second-order valence-corrected chi connectivity index (χ2v) is 6.58. The zero-order valence-corrected chi connectivity index (χ0v) is 14.3. The molecule has 3 aromatic rings. The van der Waals surface area contributed by atoms with Crippen LogP contribution in [0.5, 0.6) is 0 Å². The van der Waals surface area contributed by atoms with Crippen LogP contribution in [0.15, 0.2) is 42.5 Å². The summed E-state index contributed by atoms with van der Waals surface area (Å²) < 4.78 is 0. The summed E-state index contributed by atoms with van der Waals surface area (Å²) in [5, 5.41) is 18.4. The number of non-ortho nitro benzene ring substituents is 1. The predicted molar refractivity (Wildman–Crippen MR) is 97.0 cm³/mol. The number of fused-ring (bicyclic) bond motifs is 2. The smallest absolute Gasteiger partial charge is 0.275 e. The van der Waals surface area contributed by atoms with Crippen molar-refractivity contribution < 1.29 is 9.72 Å². The van der Waals surface area contributed by atoms with E-state index in [9.17, 15) is 14.9 Å². The number of rotatable bonds is 3. The average Bonchev–Trinajstić information content (AvgIpc) is 3.09. The van der Waals surface area contributed by atoms with Gasteiger partial charge in [-0.25, -0.2) is 0 Å². The summed E-state index contributed by atoms with van der Waals surface area (Å²) in [5.41, 5.74) is 3.20. The Hall–Kier alpha value is -3.22. The number of nitro groups is 1. The predicted octanol–water partition coefficient (Wildman–Crippen LogP) is 3.62. The zero-order chi connectivity index (χ0) is 18.3. The van der Waals surface area contributed by atoms with Gasteiger partial charge in [-0.1, -0.05) is 24.3 Å². The highest BCUT2D eigenvalue weighted by molar-refractivity contribution is 6.05. The van der Waals surface area contributed by atoms with Crippen LogP contribution in [-0.4, -0.2) is 33.0 Å². The number of hydrogen-bond donors (Lipinski definition) is 1. The van der Waals surface area contributed by atoms with Crippen molar-refractivity contribution in [2.24, 2.45) is 0 Å². The van der Waals surface area contributed by atoms with E-state index in [1.165, 1.54) is 23.3 Å². The minimum atomic E-state index is -0.470. The maximum Gasteiger partial charge on any atom is 0.275 e. The largest absolute Gasteiger partial charge is 0.333 e. The number of aromatic nitrogens is 2. The summed E-state index contributed by atoms with van der Waals surface area (Å²) in [7, 11) is 1.77. The lowest BCUT2D eigenvalue weighted by Gasteiger charge is -2.33. The first-order chi connectivity index (χ1) is 12.6. The number of carbonyl (C=O) groups excluding carboxylic acids is 1. The quantitative estimate of drug-likeness (QED) is 0.577. The van der Waals surface area contributed by atoms with E-state index < -0.39 is 4.92 Å². The van der Waals surface area contributed by atoms with E-state index in [0.717, 1.165) is 19.3 Å². The molecule has 0 radical (unpaired) electrons. The van der Waals surface area contributed by atoms with Gasteiger partial charge in [0.25, 0.3) is 11.6 Å². The van der Waals surface area contributed by atoms with Crippen LogP contribution in [0.3, 0.4) is 0 Å². The molecule has 1 atom stereocenters. The van der Waals surface area contributed by atoms with E-state index in [0.29, 0.717) is 10.9 Å². The standard InChI is InChI=1S/C19H18N4O3/c1-22(17-8-4-6-12-5-2-3-7-14(12)17)19(24)18-15-11-13(23(25)26)9-10-16(15)20-21-18/h2-3,5,7,9-11,17H,4,6,8H2,1H3,(H,20,21)/t17-/m1/s1. The summed E-state index contributed by atoms with van der Waals surface area (Å²) in [6.45, 7) is 0. The molecule has 1 aliphatic rings. The monoisotopic (exact) mass is 350 g/mol. The van der Waals surface area contributed by atoms with Gasteiger partial charge in [0.15, 0.2) is 5.69 Å². The first kappa shape index (κ1) is 16.3. The molecule has 26 heavy (non-hydrogen) atoms. The van der Waals surface area contributed by atoms with E-state index in [1.807, 2.05) is 12.1 Å². The molecule has 0 spiro atoms. The topological polar surface area (TPSA) is 92.1 Å². The second kappa shape index (κ2) is 6.25. The van der Waals surface area contributed by atoms with Gasteiger partial charge in [-0.15, -0.1) is 0 Å². The number of nitrogens with one attached hydrogen (secondary N) is 1. The molecule has 1 heterocycles. The Bertz CT molecular complexity index is 1010. The molecule has 0 saturated carbocycles. The third kappa shape index (κ3) is 2.61. The number of nitro benzene ring substituents is 1. The SMILES string of the molecule is CN(C(=O)c1n[nH]c2ccc([N+](=O)[O-])cc12)[C@@H]1CCCc2ccccc21. The Morgan fingerprint density at radius 1 is 1.31 bits per heavy atom. The van der Waals surface area contributed by atoms with E-state index in [2.05, 4.69) is 22.3 Å². The van der Waals surface area contributed by atoms with Gasteiger partial charge in [0.1, 0.15) is 0 Å². The maximum absolute atomic E-state index is 13.1. The summed E-state index contributed by atoms with van der Waals surface area (Å²) in [5.74, 6) is -0.238. The number of aromatic amines is 1. The van der Waals surface area contributed by atoms with Gasteiger partial charge in [-0.05, 0) is 36.5 Å². The molecule has 0 bridgehead atoms. The first-order valence-corrected chi connectivity index (χ1v) is 8.53. The molecule has 7 nitrogen and oxygen atoms in total. The van der Waals surface area contributed by atoms with Crippen molar-refractivity contribution in [3.8, 4) is 0 Å². The van der Waals surface area contributed by atoms with Crippen molar-refractivity contribution in [2.45, 2.75) is 25.3 Å². The lowest BCUT2D eigenvalue weighted by Crippen LogP contribution is -2.33. The molecule has 0 aliphatic heterocycles. The van der Waals surface area contributed by atoms with Gasteiger partial charge < -0.3 is 4.90 Å². The summed E-state index contributed by atoms with van der Waals surface area (Å²) in [6, 6.07) is 12.5. The fourth-order valence-electron chi connectivity index (χ4n) is 3.72. The Morgan fingerprint density at radius 3 is 2.92 bits per heavy atom. The molecular formula is C19H18N4O3. The second-order valence-electron chi connectivity index (χ2n) is 6.58. The molecule has 1 N–H and O–H groups in total. The molecule has 2 aromatic carbocycles. The fourth-order valence-corrected chi connectivity index (χ4v) is 3.72. The van der Waals surface area contributed by atoms with Crippen molar-refractivity contribution in [3.63, 3.8) is 0 Å². The molecule has 7 heteroatoms. The molecule has 1 aromatic heterocycles. The van der Waals surface area contributed by atoms with Crippen molar-refractivity contribution in [1.82, 2.24) is 15.1 Å². The van der Waals surface area contributed by atoms with E-state index in [-0.39, 0.29) is 23.3 Å². The highest BCUT2D eigenvalue weighted by Crippen LogP contribution is 2.34. The lowest BCUT2D eigenvalue weighted by atomic mass is 9.87. The van der Waals surface area contributed by atoms with Gasteiger partial charge in [0, 0.05) is 24.6 Å². The number of nitrogens with zero attached hydrogens (tertiary/aromatic N) is 3. The Kier molecular flexibility index (Phi) is 3.91. The number of carbonyl (C=O) groups is 1. The zero-order valence-electron chi connectivity index (χ0n) is 14.3. The highest BCUT2D eigenvalue weighted by atomic mass is 16.6. The normalized spacial score (nSPS) is 16.3. The summed E-state index contributed by atoms with van der Waals surface area (Å²) >= 11 is 0. The molecule has 0 saturated heterocycles. The van der Waals surface area contributed by atoms with Crippen LogP contribution in [-0.2, 0) is 6.42 Å². The van der Waals surface area contributed by atoms with Crippen LogP contribution in [0.1, 0.15) is 40.5 Å². The van der Waals surface area contributed by atoms with Crippen LogP contribution in [0.4, 0.5) is 5.69 Å².